The van der Waals surface area contributed by atoms with Crippen molar-refractivity contribution >= 4 is 27.1 Å². The zero-order valence-electron chi connectivity index (χ0n) is 7.78. The largest absolute Gasteiger partial charge is 0.504 e. The fraction of sp³-hybridized carbons (Fsp3) is 0.200. The third-order valence-corrected chi connectivity index (χ3v) is 3.01. The number of nitrogens with two attached hydrogens (primary N) is 1. The van der Waals surface area contributed by atoms with Crippen LogP contribution in [0.3, 0.4) is 0 Å². The molecule has 1 aromatic heterocycles. The molecule has 0 saturated carbocycles. The number of fused-ring (bicyclic) bond motifs is 1. The predicted octanol–water partition coefficient (Wildman–Crippen LogP) is 2.59. The zero-order valence-corrected chi connectivity index (χ0v) is 8.60. The first-order chi connectivity index (χ1) is 6.74. The molecule has 0 bridgehead atoms. The highest BCUT2D eigenvalue weighted by Gasteiger charge is 2.11. The maximum atomic E-state index is 9.59. The summed E-state index contributed by atoms with van der Waals surface area (Å²) >= 11 is 1.48. The van der Waals surface area contributed by atoms with E-state index in [1.165, 1.54) is 11.3 Å². The molecule has 0 aliphatic heterocycles. The summed E-state index contributed by atoms with van der Waals surface area (Å²) in [5.74, 6) is 0.702. The quantitative estimate of drug-likeness (QED) is 0.799. The number of nitrogen functional groups attached to an aromatic ring is 1. The third-order valence-electron chi connectivity index (χ3n) is 1.99. The van der Waals surface area contributed by atoms with E-state index in [1.807, 2.05) is 12.3 Å². The lowest BCUT2D eigenvalue weighted by Crippen LogP contribution is -1.92. The molecule has 0 amide bonds. The lowest BCUT2D eigenvalue weighted by atomic mass is 10.2. The normalized spacial score (nSPS) is 10.6. The van der Waals surface area contributed by atoms with Crippen LogP contribution in [-0.2, 0) is 0 Å². The van der Waals surface area contributed by atoms with E-state index in [0.29, 0.717) is 12.4 Å². The second-order valence-corrected chi connectivity index (χ2v) is 3.79. The summed E-state index contributed by atoms with van der Waals surface area (Å²) in [4.78, 5) is 0. The van der Waals surface area contributed by atoms with Crippen LogP contribution in [0.2, 0.25) is 0 Å². The van der Waals surface area contributed by atoms with E-state index in [2.05, 4.69) is 0 Å². The maximum Gasteiger partial charge on any atom is 0.178 e. The van der Waals surface area contributed by atoms with E-state index < -0.39 is 0 Å². The summed E-state index contributed by atoms with van der Waals surface area (Å²) < 4.78 is 6.27. The van der Waals surface area contributed by atoms with Crippen LogP contribution < -0.4 is 10.5 Å². The van der Waals surface area contributed by atoms with Crippen molar-refractivity contribution in [3.63, 3.8) is 0 Å². The molecular weight excluding hydrogens is 198 g/mol. The Morgan fingerprint density at radius 1 is 1.50 bits per heavy atom. The van der Waals surface area contributed by atoms with E-state index in [1.54, 1.807) is 12.1 Å². The summed E-state index contributed by atoms with van der Waals surface area (Å²) in [6.07, 6.45) is 0. The number of anilines is 1. The van der Waals surface area contributed by atoms with Crippen LogP contribution in [0.1, 0.15) is 6.92 Å². The Balaban J connectivity index is 2.70. The van der Waals surface area contributed by atoms with Crippen molar-refractivity contribution in [2.75, 3.05) is 12.3 Å². The smallest absolute Gasteiger partial charge is 0.178 e. The van der Waals surface area contributed by atoms with Crippen LogP contribution in [0.15, 0.2) is 17.5 Å². The van der Waals surface area contributed by atoms with Gasteiger partial charge in [0.15, 0.2) is 11.5 Å². The molecule has 0 aliphatic carbocycles. The average Bonchev–Trinajstić information content (AvgIpc) is 2.53. The number of phenols is 1. The molecular formula is C10H11NO2S. The monoisotopic (exact) mass is 209 g/mol. The molecule has 3 nitrogen and oxygen atoms in total. The molecule has 0 atom stereocenters. The highest BCUT2D eigenvalue weighted by molar-refractivity contribution is 7.18. The predicted molar refractivity (Wildman–Crippen MR) is 59.1 cm³/mol. The third kappa shape index (κ3) is 1.28. The van der Waals surface area contributed by atoms with Gasteiger partial charge in [-0.2, -0.15) is 0 Å². The van der Waals surface area contributed by atoms with Gasteiger partial charge < -0.3 is 15.6 Å². The molecule has 14 heavy (non-hydrogen) atoms. The Morgan fingerprint density at radius 2 is 2.29 bits per heavy atom. The van der Waals surface area contributed by atoms with Crippen LogP contribution in [-0.4, -0.2) is 11.7 Å². The summed E-state index contributed by atoms with van der Waals surface area (Å²) in [5.41, 5.74) is 6.49. The molecule has 0 fully saturated rings. The lowest BCUT2D eigenvalue weighted by molar-refractivity contribution is 0.323. The SMILES string of the molecule is CCOc1c(O)ccc2c(N)csc12. The average molecular weight is 209 g/mol. The molecule has 1 heterocycles. The van der Waals surface area contributed by atoms with Gasteiger partial charge in [0.1, 0.15) is 0 Å². The number of thiophene rings is 1. The Labute approximate surface area is 85.7 Å². The second kappa shape index (κ2) is 3.38. The number of rotatable bonds is 2. The second-order valence-electron chi connectivity index (χ2n) is 2.91. The van der Waals surface area contributed by atoms with Crippen molar-refractivity contribution in [1.82, 2.24) is 0 Å². The minimum Gasteiger partial charge on any atom is -0.504 e. The summed E-state index contributed by atoms with van der Waals surface area (Å²) in [5, 5.41) is 12.4. The van der Waals surface area contributed by atoms with Crippen molar-refractivity contribution in [2.45, 2.75) is 6.92 Å². The van der Waals surface area contributed by atoms with E-state index in [9.17, 15) is 5.11 Å². The number of aromatic hydroxyl groups is 1. The van der Waals surface area contributed by atoms with Crippen LogP contribution >= 0.6 is 11.3 Å². The van der Waals surface area contributed by atoms with Gasteiger partial charge in [-0.1, -0.05) is 0 Å². The van der Waals surface area contributed by atoms with Gasteiger partial charge in [0.2, 0.25) is 0 Å². The molecule has 74 valence electrons. The topological polar surface area (TPSA) is 55.5 Å². The van der Waals surface area contributed by atoms with Gasteiger partial charge in [-0.25, -0.2) is 0 Å². The van der Waals surface area contributed by atoms with Crippen molar-refractivity contribution in [1.29, 1.82) is 0 Å². The molecule has 0 unspecified atom stereocenters. The first kappa shape index (κ1) is 9.15. The van der Waals surface area contributed by atoms with Crippen molar-refractivity contribution < 1.29 is 9.84 Å². The Kier molecular flexibility index (Phi) is 2.21. The molecule has 1 aromatic carbocycles. The first-order valence-electron chi connectivity index (χ1n) is 4.35. The number of hydrogen-bond acceptors (Lipinski definition) is 4. The van der Waals surface area contributed by atoms with E-state index in [4.69, 9.17) is 10.5 Å². The van der Waals surface area contributed by atoms with Crippen LogP contribution in [0.5, 0.6) is 11.5 Å². The maximum absolute atomic E-state index is 9.59. The Hall–Kier alpha value is -1.42. The molecule has 2 aromatic rings. The van der Waals surface area contributed by atoms with Gasteiger partial charge in [-0.15, -0.1) is 11.3 Å². The first-order valence-corrected chi connectivity index (χ1v) is 5.23. The van der Waals surface area contributed by atoms with Gasteiger partial charge >= 0.3 is 0 Å². The minimum absolute atomic E-state index is 0.168. The van der Waals surface area contributed by atoms with E-state index in [-0.39, 0.29) is 5.75 Å². The summed E-state index contributed by atoms with van der Waals surface area (Å²) in [6.45, 7) is 2.42. The van der Waals surface area contributed by atoms with Gasteiger partial charge in [-0.05, 0) is 19.1 Å². The number of phenolic OH excluding ortho intramolecular Hbond substituents is 1. The highest BCUT2D eigenvalue weighted by Crippen LogP contribution is 2.40. The summed E-state index contributed by atoms with van der Waals surface area (Å²) in [7, 11) is 0. The van der Waals surface area contributed by atoms with E-state index in [0.717, 1.165) is 15.8 Å². The molecule has 3 N–H and O–H groups in total. The van der Waals surface area contributed by atoms with Crippen LogP contribution in [0.4, 0.5) is 5.69 Å². The van der Waals surface area contributed by atoms with Crippen molar-refractivity contribution in [3.8, 4) is 11.5 Å². The molecule has 0 saturated heterocycles. The van der Waals surface area contributed by atoms with Gasteiger partial charge in [0.25, 0.3) is 0 Å². The van der Waals surface area contributed by atoms with Gasteiger partial charge in [0, 0.05) is 10.8 Å². The van der Waals surface area contributed by atoms with Crippen LogP contribution in [0.25, 0.3) is 10.1 Å². The molecule has 0 radical (unpaired) electrons. The molecule has 2 rings (SSSR count). The zero-order chi connectivity index (χ0) is 10.1. The van der Waals surface area contributed by atoms with Crippen molar-refractivity contribution in [2.24, 2.45) is 0 Å². The Bertz CT molecular complexity index is 464. The number of benzene rings is 1. The lowest BCUT2D eigenvalue weighted by Gasteiger charge is -2.06. The van der Waals surface area contributed by atoms with Crippen molar-refractivity contribution in [3.05, 3.63) is 17.5 Å². The summed E-state index contributed by atoms with van der Waals surface area (Å²) in [6, 6.07) is 3.41. The van der Waals surface area contributed by atoms with Gasteiger partial charge in [0.05, 0.1) is 17.0 Å². The Morgan fingerprint density at radius 3 is 3.00 bits per heavy atom. The fourth-order valence-electron chi connectivity index (χ4n) is 1.37. The van der Waals surface area contributed by atoms with Gasteiger partial charge in [-0.3, -0.25) is 0 Å². The number of ether oxygens (including phenoxy) is 1. The number of hydrogen-bond donors (Lipinski definition) is 2. The minimum atomic E-state index is 0.168. The highest BCUT2D eigenvalue weighted by atomic mass is 32.1. The van der Waals surface area contributed by atoms with E-state index >= 15 is 0 Å². The standard InChI is InChI=1S/C10H11NO2S/c1-2-13-9-8(12)4-3-6-7(11)5-14-10(6)9/h3-5,12H,2,11H2,1H3. The fourth-order valence-corrected chi connectivity index (χ4v) is 2.32. The molecule has 0 aliphatic rings. The molecule has 4 heteroatoms. The van der Waals surface area contributed by atoms with Crippen LogP contribution in [0, 0.1) is 0 Å². The molecule has 0 spiro atoms.